The highest BCUT2D eigenvalue weighted by Crippen LogP contribution is 2.42. The Morgan fingerprint density at radius 3 is 3.12 bits per heavy atom. The largest absolute Gasteiger partial charge is 0.481 e. The van der Waals surface area contributed by atoms with Gasteiger partial charge in [-0.05, 0) is 25.8 Å². The van der Waals surface area contributed by atoms with Crippen LogP contribution >= 0.6 is 0 Å². The standard InChI is InChI=1S/C18H23N5O3/c1-13-3-6-19-17(22-13)26-11-18-5-8-25-14(18)4-7-23(10-18)15-9-16(24-2)21-12-20-15/h3,6,9,12,14H,4-5,7-8,10-11H2,1-2H3/t14-,18+/m0/s1. The third kappa shape index (κ3) is 3.29. The Morgan fingerprint density at radius 1 is 1.35 bits per heavy atom. The number of nitrogens with zero attached hydrogens (tertiary/aromatic N) is 5. The molecule has 2 aliphatic heterocycles. The summed E-state index contributed by atoms with van der Waals surface area (Å²) in [6.45, 7) is 4.90. The van der Waals surface area contributed by atoms with Crippen LogP contribution < -0.4 is 14.4 Å². The van der Waals surface area contributed by atoms with Gasteiger partial charge in [-0.2, -0.15) is 0 Å². The van der Waals surface area contributed by atoms with Gasteiger partial charge in [-0.3, -0.25) is 0 Å². The summed E-state index contributed by atoms with van der Waals surface area (Å²) in [6.07, 6.45) is 5.33. The van der Waals surface area contributed by atoms with Crippen LogP contribution in [0, 0.1) is 12.3 Å². The van der Waals surface area contributed by atoms with Gasteiger partial charge in [0, 0.05) is 37.7 Å². The lowest BCUT2D eigenvalue weighted by Gasteiger charge is -2.43. The monoisotopic (exact) mass is 357 g/mol. The van der Waals surface area contributed by atoms with Crippen molar-refractivity contribution in [2.45, 2.75) is 25.9 Å². The predicted octanol–water partition coefficient (Wildman–Crippen LogP) is 1.65. The van der Waals surface area contributed by atoms with E-state index in [0.29, 0.717) is 18.5 Å². The minimum atomic E-state index is -0.0937. The van der Waals surface area contributed by atoms with Crippen LogP contribution in [0.2, 0.25) is 0 Å². The number of aryl methyl sites for hydroxylation is 1. The molecule has 2 aromatic heterocycles. The van der Waals surface area contributed by atoms with Gasteiger partial charge in [0.1, 0.15) is 18.8 Å². The molecule has 8 nitrogen and oxygen atoms in total. The van der Waals surface area contributed by atoms with Gasteiger partial charge >= 0.3 is 6.01 Å². The number of ether oxygens (including phenoxy) is 3. The first kappa shape index (κ1) is 17.0. The third-order valence-electron chi connectivity index (χ3n) is 5.19. The van der Waals surface area contributed by atoms with Crippen molar-refractivity contribution in [2.75, 3.05) is 38.3 Å². The van der Waals surface area contributed by atoms with Crippen LogP contribution in [-0.2, 0) is 4.74 Å². The molecule has 2 aliphatic rings. The summed E-state index contributed by atoms with van der Waals surface area (Å²) in [4.78, 5) is 19.3. The highest BCUT2D eigenvalue weighted by atomic mass is 16.5. The van der Waals surface area contributed by atoms with Crippen molar-refractivity contribution in [2.24, 2.45) is 5.41 Å². The van der Waals surface area contributed by atoms with Gasteiger partial charge in [-0.25, -0.2) is 19.9 Å². The van der Waals surface area contributed by atoms with Crippen LogP contribution in [0.15, 0.2) is 24.7 Å². The lowest BCUT2D eigenvalue weighted by molar-refractivity contribution is 0.00626. The fourth-order valence-corrected chi connectivity index (χ4v) is 3.77. The number of methoxy groups -OCH3 is 1. The summed E-state index contributed by atoms with van der Waals surface area (Å²) in [6, 6.07) is 4.15. The number of anilines is 1. The molecule has 0 unspecified atom stereocenters. The predicted molar refractivity (Wildman–Crippen MR) is 94.5 cm³/mol. The van der Waals surface area contributed by atoms with Gasteiger partial charge in [0.05, 0.1) is 18.6 Å². The average molecular weight is 357 g/mol. The molecule has 4 heterocycles. The molecule has 0 saturated carbocycles. The highest BCUT2D eigenvalue weighted by molar-refractivity contribution is 5.42. The molecule has 2 atom stereocenters. The van der Waals surface area contributed by atoms with E-state index >= 15 is 0 Å². The number of aromatic nitrogens is 4. The Kier molecular flexibility index (Phi) is 4.58. The van der Waals surface area contributed by atoms with Gasteiger partial charge in [-0.1, -0.05) is 0 Å². The molecule has 2 aromatic rings. The smallest absolute Gasteiger partial charge is 0.316 e. The number of hydrogen-bond acceptors (Lipinski definition) is 8. The quantitative estimate of drug-likeness (QED) is 0.799. The maximum absolute atomic E-state index is 6.00. The lowest BCUT2D eigenvalue weighted by Crippen LogP contribution is -2.52. The van der Waals surface area contributed by atoms with E-state index in [1.54, 1.807) is 13.3 Å². The van der Waals surface area contributed by atoms with Gasteiger partial charge in [-0.15, -0.1) is 0 Å². The van der Waals surface area contributed by atoms with Crippen molar-refractivity contribution in [1.82, 2.24) is 19.9 Å². The minimum absolute atomic E-state index is 0.0937. The van der Waals surface area contributed by atoms with E-state index in [1.165, 1.54) is 6.33 Å². The minimum Gasteiger partial charge on any atom is -0.481 e. The third-order valence-corrected chi connectivity index (χ3v) is 5.19. The molecule has 26 heavy (non-hydrogen) atoms. The summed E-state index contributed by atoms with van der Waals surface area (Å²) in [7, 11) is 1.61. The van der Waals surface area contributed by atoms with E-state index in [1.807, 2.05) is 19.1 Å². The maximum atomic E-state index is 6.00. The second kappa shape index (κ2) is 7.03. The normalized spacial score (nSPS) is 25.0. The number of hydrogen-bond donors (Lipinski definition) is 0. The Balaban J connectivity index is 1.52. The van der Waals surface area contributed by atoms with Crippen LogP contribution in [0.1, 0.15) is 18.5 Å². The molecule has 0 bridgehead atoms. The first-order valence-electron chi connectivity index (χ1n) is 8.84. The molecular formula is C18H23N5O3. The number of rotatable bonds is 5. The highest BCUT2D eigenvalue weighted by Gasteiger charge is 2.49. The zero-order chi connectivity index (χ0) is 18.0. The van der Waals surface area contributed by atoms with Crippen molar-refractivity contribution in [3.8, 4) is 11.9 Å². The Bertz CT molecular complexity index is 774. The summed E-state index contributed by atoms with van der Waals surface area (Å²) in [5.41, 5.74) is 0.800. The molecule has 0 aliphatic carbocycles. The molecule has 0 amide bonds. The first-order valence-corrected chi connectivity index (χ1v) is 8.84. The summed E-state index contributed by atoms with van der Waals surface area (Å²) in [5.74, 6) is 1.44. The summed E-state index contributed by atoms with van der Waals surface area (Å²) < 4.78 is 17.2. The second-order valence-corrected chi connectivity index (χ2v) is 6.87. The zero-order valence-electron chi connectivity index (χ0n) is 15.1. The van der Waals surface area contributed by atoms with Crippen LogP contribution in [-0.4, -0.2) is 59.5 Å². The van der Waals surface area contributed by atoms with E-state index in [0.717, 1.165) is 44.0 Å². The molecule has 0 N–H and O–H groups in total. The lowest BCUT2D eigenvalue weighted by atomic mass is 9.77. The molecule has 8 heteroatoms. The summed E-state index contributed by atoms with van der Waals surface area (Å²) in [5, 5.41) is 0. The van der Waals surface area contributed by atoms with Gasteiger partial charge in [0.15, 0.2) is 0 Å². The van der Waals surface area contributed by atoms with Gasteiger partial charge in [0.2, 0.25) is 5.88 Å². The summed E-state index contributed by atoms with van der Waals surface area (Å²) >= 11 is 0. The SMILES string of the molecule is COc1cc(N2CC[C@@H]3OCC[C@]3(COc3nccc(C)n3)C2)ncn1. The molecule has 0 aromatic carbocycles. The molecule has 2 saturated heterocycles. The van der Waals surface area contributed by atoms with E-state index in [4.69, 9.17) is 14.2 Å². The maximum Gasteiger partial charge on any atom is 0.316 e. The van der Waals surface area contributed by atoms with E-state index in [-0.39, 0.29) is 11.5 Å². The van der Waals surface area contributed by atoms with Crippen molar-refractivity contribution >= 4 is 5.82 Å². The zero-order valence-corrected chi connectivity index (χ0v) is 15.1. The molecule has 2 fully saturated rings. The van der Waals surface area contributed by atoms with Crippen molar-refractivity contribution in [3.05, 3.63) is 30.4 Å². The number of piperidine rings is 1. The Morgan fingerprint density at radius 2 is 2.27 bits per heavy atom. The van der Waals surface area contributed by atoms with Crippen molar-refractivity contribution < 1.29 is 14.2 Å². The van der Waals surface area contributed by atoms with Crippen LogP contribution in [0.4, 0.5) is 5.82 Å². The molecule has 0 radical (unpaired) electrons. The first-order chi connectivity index (χ1) is 12.7. The van der Waals surface area contributed by atoms with Crippen LogP contribution in [0.25, 0.3) is 0 Å². The van der Waals surface area contributed by atoms with Crippen molar-refractivity contribution in [3.63, 3.8) is 0 Å². The topological polar surface area (TPSA) is 82.5 Å². The van der Waals surface area contributed by atoms with Crippen LogP contribution in [0.3, 0.4) is 0 Å². The fraction of sp³-hybridized carbons (Fsp3) is 0.556. The molecule has 4 rings (SSSR count). The number of fused-ring (bicyclic) bond motifs is 1. The van der Waals surface area contributed by atoms with E-state index in [2.05, 4.69) is 24.8 Å². The Labute approximate surface area is 152 Å². The van der Waals surface area contributed by atoms with Crippen molar-refractivity contribution in [1.29, 1.82) is 0 Å². The molecule has 0 spiro atoms. The van der Waals surface area contributed by atoms with Gasteiger partial charge in [0.25, 0.3) is 0 Å². The van der Waals surface area contributed by atoms with E-state index < -0.39 is 0 Å². The molecular weight excluding hydrogens is 334 g/mol. The second-order valence-electron chi connectivity index (χ2n) is 6.87. The van der Waals surface area contributed by atoms with Gasteiger partial charge < -0.3 is 19.1 Å². The Hall–Kier alpha value is -2.48. The average Bonchev–Trinajstić information content (AvgIpc) is 3.10. The fourth-order valence-electron chi connectivity index (χ4n) is 3.77. The van der Waals surface area contributed by atoms with Crippen LogP contribution in [0.5, 0.6) is 11.9 Å². The van der Waals surface area contributed by atoms with E-state index in [9.17, 15) is 0 Å². The molecule has 138 valence electrons.